The molecule has 0 aromatic carbocycles. The zero-order valence-corrected chi connectivity index (χ0v) is 7.36. The Balaban J connectivity index is 2.65. The molecule has 1 aliphatic rings. The smallest absolute Gasteiger partial charge is 0.225 e. The van der Waals surface area contributed by atoms with E-state index in [9.17, 15) is 9.59 Å². The summed E-state index contributed by atoms with van der Waals surface area (Å²) < 4.78 is 0. The van der Waals surface area contributed by atoms with Crippen LogP contribution in [0, 0.1) is 11.8 Å². The highest BCUT2D eigenvalue weighted by Crippen LogP contribution is 2.34. The van der Waals surface area contributed by atoms with Crippen molar-refractivity contribution in [2.24, 2.45) is 11.8 Å². The van der Waals surface area contributed by atoms with E-state index in [1.165, 1.54) is 0 Å². The lowest BCUT2D eigenvalue weighted by Gasteiger charge is -2.09. The maximum atomic E-state index is 10.7. The predicted molar refractivity (Wildman–Crippen MR) is 42.6 cm³/mol. The van der Waals surface area contributed by atoms with Crippen molar-refractivity contribution in [1.29, 1.82) is 0 Å². The number of hydrogen-bond acceptors (Lipinski definition) is 2. The van der Waals surface area contributed by atoms with Crippen LogP contribution in [0.5, 0.6) is 0 Å². The second-order valence-corrected chi connectivity index (χ2v) is 3.50. The molecule has 0 saturated heterocycles. The lowest BCUT2D eigenvalue weighted by Crippen LogP contribution is -2.19. The summed E-state index contributed by atoms with van der Waals surface area (Å²) in [5.41, 5.74) is 0. The van der Waals surface area contributed by atoms with E-state index in [1.54, 1.807) is 0 Å². The molecule has 0 aliphatic heterocycles. The van der Waals surface area contributed by atoms with Crippen molar-refractivity contribution in [3.8, 4) is 0 Å². The predicted octanol–water partition coefficient (Wildman–Crippen LogP) is 1.93. The summed E-state index contributed by atoms with van der Waals surface area (Å²) in [5, 5.41) is -0.858. The Hall–Kier alpha value is -0.0800. The van der Waals surface area contributed by atoms with Crippen molar-refractivity contribution in [2.45, 2.75) is 19.3 Å². The molecule has 0 radical (unpaired) electrons. The molecule has 1 fully saturated rings. The number of hydrogen-bond donors (Lipinski definition) is 0. The van der Waals surface area contributed by atoms with Gasteiger partial charge in [-0.15, -0.1) is 0 Å². The maximum absolute atomic E-state index is 10.7. The normalized spacial score (nSPS) is 30.4. The van der Waals surface area contributed by atoms with Crippen LogP contribution in [-0.4, -0.2) is 10.5 Å². The van der Waals surface area contributed by atoms with Crippen LogP contribution in [0.2, 0.25) is 0 Å². The first-order chi connectivity index (χ1) is 5.13. The molecule has 0 spiro atoms. The van der Waals surface area contributed by atoms with E-state index < -0.39 is 10.5 Å². The highest BCUT2D eigenvalue weighted by molar-refractivity contribution is 6.66. The van der Waals surface area contributed by atoms with Crippen LogP contribution in [0.25, 0.3) is 0 Å². The van der Waals surface area contributed by atoms with Crippen LogP contribution in [-0.2, 0) is 9.59 Å². The molecule has 0 N–H and O–H groups in total. The zero-order valence-electron chi connectivity index (χ0n) is 5.85. The molecule has 62 valence electrons. The molecule has 0 bridgehead atoms. The molecule has 0 heterocycles. The van der Waals surface area contributed by atoms with E-state index in [0.717, 1.165) is 6.42 Å². The number of carbonyl (C=O) groups excluding carboxylic acids is 2. The van der Waals surface area contributed by atoms with Crippen molar-refractivity contribution in [3.05, 3.63) is 0 Å². The second kappa shape index (κ2) is 3.55. The van der Waals surface area contributed by atoms with Gasteiger partial charge in [-0.25, -0.2) is 0 Å². The topological polar surface area (TPSA) is 34.1 Å². The third-order valence-corrected chi connectivity index (χ3v) is 2.66. The highest BCUT2D eigenvalue weighted by Gasteiger charge is 2.35. The van der Waals surface area contributed by atoms with Gasteiger partial charge in [-0.2, -0.15) is 0 Å². The van der Waals surface area contributed by atoms with Gasteiger partial charge >= 0.3 is 0 Å². The molecule has 0 amide bonds. The molecule has 2 nitrogen and oxygen atoms in total. The fraction of sp³-hybridized carbons (Fsp3) is 0.714. The van der Waals surface area contributed by atoms with E-state index in [1.807, 2.05) is 0 Å². The summed E-state index contributed by atoms with van der Waals surface area (Å²) in [7, 11) is 0. The quantitative estimate of drug-likeness (QED) is 0.631. The van der Waals surface area contributed by atoms with Gasteiger partial charge < -0.3 is 0 Å². The van der Waals surface area contributed by atoms with Crippen LogP contribution in [0.4, 0.5) is 0 Å². The lowest BCUT2D eigenvalue weighted by atomic mass is 9.99. The van der Waals surface area contributed by atoms with Gasteiger partial charge in [-0.1, -0.05) is 6.42 Å². The van der Waals surface area contributed by atoms with Crippen LogP contribution in [0.15, 0.2) is 0 Å². The zero-order chi connectivity index (χ0) is 8.43. The second-order valence-electron chi connectivity index (χ2n) is 2.75. The highest BCUT2D eigenvalue weighted by atomic mass is 35.5. The molecule has 1 rings (SSSR count). The molecular weight excluding hydrogens is 187 g/mol. The first-order valence-corrected chi connectivity index (χ1v) is 4.27. The van der Waals surface area contributed by atoms with Crippen molar-refractivity contribution in [2.75, 3.05) is 0 Å². The Morgan fingerprint density at radius 1 is 1.00 bits per heavy atom. The Kier molecular flexibility index (Phi) is 2.90. The van der Waals surface area contributed by atoms with Crippen molar-refractivity contribution < 1.29 is 9.59 Å². The van der Waals surface area contributed by atoms with E-state index >= 15 is 0 Å². The first kappa shape index (κ1) is 9.01. The SMILES string of the molecule is O=C(Cl)[C@H]1CCC[C@@H]1C(=O)Cl. The largest absolute Gasteiger partial charge is 0.281 e. The minimum atomic E-state index is -0.429. The Morgan fingerprint density at radius 3 is 1.64 bits per heavy atom. The maximum Gasteiger partial charge on any atom is 0.225 e. The number of carbonyl (C=O) groups is 2. The fourth-order valence-corrected chi connectivity index (χ4v) is 2.03. The summed E-state index contributed by atoms with van der Waals surface area (Å²) in [6, 6.07) is 0. The molecule has 0 aromatic heterocycles. The van der Waals surface area contributed by atoms with E-state index in [4.69, 9.17) is 23.2 Å². The third-order valence-electron chi connectivity index (χ3n) is 2.10. The summed E-state index contributed by atoms with van der Waals surface area (Å²) in [6.07, 6.45) is 2.27. The summed E-state index contributed by atoms with van der Waals surface area (Å²) >= 11 is 10.5. The monoisotopic (exact) mass is 194 g/mol. The van der Waals surface area contributed by atoms with Crippen LogP contribution >= 0.6 is 23.2 Å². The molecule has 1 aliphatic carbocycles. The average Bonchev–Trinajstić information content (AvgIpc) is 2.32. The molecule has 4 heteroatoms. The Labute approximate surface area is 74.9 Å². The summed E-state index contributed by atoms with van der Waals surface area (Å²) in [5.74, 6) is -0.664. The molecule has 1 saturated carbocycles. The standard InChI is InChI=1S/C7H8Cl2O2/c8-6(10)4-2-1-3-5(4)7(9)11/h4-5H,1-3H2/t4-,5-/m0/s1. The van der Waals surface area contributed by atoms with Gasteiger partial charge in [-0.05, 0) is 36.0 Å². The van der Waals surface area contributed by atoms with Gasteiger partial charge in [0.15, 0.2) is 0 Å². The van der Waals surface area contributed by atoms with Crippen LogP contribution in [0.1, 0.15) is 19.3 Å². The van der Waals surface area contributed by atoms with Gasteiger partial charge in [-0.3, -0.25) is 9.59 Å². The van der Waals surface area contributed by atoms with Gasteiger partial charge in [0.05, 0.1) is 0 Å². The van der Waals surface area contributed by atoms with Crippen LogP contribution in [0.3, 0.4) is 0 Å². The van der Waals surface area contributed by atoms with Gasteiger partial charge in [0, 0.05) is 11.8 Å². The van der Waals surface area contributed by atoms with E-state index in [-0.39, 0.29) is 11.8 Å². The van der Waals surface area contributed by atoms with Crippen molar-refractivity contribution >= 4 is 33.7 Å². The molecule has 0 aromatic rings. The lowest BCUT2D eigenvalue weighted by molar-refractivity contribution is -0.122. The summed E-state index contributed by atoms with van der Waals surface area (Å²) in [4.78, 5) is 21.4. The molecule has 0 unspecified atom stereocenters. The number of rotatable bonds is 2. The van der Waals surface area contributed by atoms with E-state index in [2.05, 4.69) is 0 Å². The fourth-order valence-electron chi connectivity index (χ4n) is 1.50. The average molecular weight is 195 g/mol. The molecular formula is C7H8Cl2O2. The number of halogens is 2. The van der Waals surface area contributed by atoms with Gasteiger partial charge in [0.1, 0.15) is 0 Å². The van der Waals surface area contributed by atoms with Crippen LogP contribution < -0.4 is 0 Å². The van der Waals surface area contributed by atoms with Gasteiger partial charge in [0.25, 0.3) is 0 Å². The molecule has 2 atom stereocenters. The first-order valence-electron chi connectivity index (χ1n) is 3.51. The minimum absolute atomic E-state index is 0.332. The van der Waals surface area contributed by atoms with Crippen molar-refractivity contribution in [3.63, 3.8) is 0 Å². The van der Waals surface area contributed by atoms with Gasteiger partial charge in [0.2, 0.25) is 10.5 Å². The van der Waals surface area contributed by atoms with E-state index in [0.29, 0.717) is 12.8 Å². The summed E-state index contributed by atoms with van der Waals surface area (Å²) in [6.45, 7) is 0. The molecule has 11 heavy (non-hydrogen) atoms. The Bertz CT molecular complexity index is 171. The minimum Gasteiger partial charge on any atom is -0.281 e. The Morgan fingerprint density at radius 2 is 1.36 bits per heavy atom. The third kappa shape index (κ3) is 1.94. The van der Waals surface area contributed by atoms with Crippen molar-refractivity contribution in [1.82, 2.24) is 0 Å².